The highest BCUT2D eigenvalue weighted by molar-refractivity contribution is 5.69. The fraction of sp³-hybridized carbons (Fsp3) is 0.600. The molecule has 166 valence electrons. The van der Waals surface area contributed by atoms with Gasteiger partial charge in [0.1, 0.15) is 5.94 Å². The summed E-state index contributed by atoms with van der Waals surface area (Å²) in [6, 6.07) is 10.8. The van der Waals surface area contributed by atoms with Gasteiger partial charge < -0.3 is 0 Å². The topological polar surface area (TPSA) is 17.1 Å². The molecule has 0 heterocycles. The van der Waals surface area contributed by atoms with Crippen LogP contribution in [0.2, 0.25) is 0 Å². The predicted octanol–water partition coefficient (Wildman–Crippen LogP) is 8.15. The second kappa shape index (κ2) is 10.6. The summed E-state index contributed by atoms with van der Waals surface area (Å²) in [5.74, 6) is 4.44. The van der Waals surface area contributed by atoms with Gasteiger partial charge in [0.25, 0.3) is 0 Å². The van der Waals surface area contributed by atoms with Crippen molar-refractivity contribution in [3.05, 3.63) is 65.3 Å². The molecule has 1 aromatic rings. The second-order valence-electron chi connectivity index (χ2n) is 10.3. The molecule has 4 rings (SSSR count). The molecular formula is C30H40O. The molecule has 1 atom stereocenters. The highest BCUT2D eigenvalue weighted by atomic mass is 16.1. The van der Waals surface area contributed by atoms with Crippen molar-refractivity contribution in [3.63, 3.8) is 0 Å². The fourth-order valence-corrected chi connectivity index (χ4v) is 6.60. The molecule has 0 N–H and O–H groups in total. The fourth-order valence-electron chi connectivity index (χ4n) is 6.60. The number of benzene rings is 1. The van der Waals surface area contributed by atoms with E-state index in [2.05, 4.69) is 61.4 Å². The summed E-state index contributed by atoms with van der Waals surface area (Å²) < 4.78 is 0. The monoisotopic (exact) mass is 416 g/mol. The molecule has 0 amide bonds. The van der Waals surface area contributed by atoms with Gasteiger partial charge in [0, 0.05) is 0 Å². The predicted molar refractivity (Wildman–Crippen MR) is 131 cm³/mol. The van der Waals surface area contributed by atoms with Gasteiger partial charge >= 0.3 is 0 Å². The first-order chi connectivity index (χ1) is 15.3. The SMILES string of the molecule is CCCCCC1CCC(C2(c3ccccc3)C=CC(C3CCCCC3)=CC2=C=O)CC1. The van der Waals surface area contributed by atoms with Crippen LogP contribution in [0, 0.1) is 17.8 Å². The molecule has 0 aromatic heterocycles. The minimum Gasteiger partial charge on any atom is -0.233 e. The van der Waals surface area contributed by atoms with E-state index in [9.17, 15) is 4.79 Å². The van der Waals surface area contributed by atoms with E-state index in [4.69, 9.17) is 0 Å². The number of hydrogen-bond donors (Lipinski definition) is 0. The lowest BCUT2D eigenvalue weighted by Gasteiger charge is -2.44. The highest BCUT2D eigenvalue weighted by Gasteiger charge is 2.44. The summed E-state index contributed by atoms with van der Waals surface area (Å²) in [4.78, 5) is 12.4. The molecule has 2 fully saturated rings. The van der Waals surface area contributed by atoms with Crippen LogP contribution in [0.4, 0.5) is 0 Å². The summed E-state index contributed by atoms with van der Waals surface area (Å²) in [5, 5.41) is 0. The molecule has 2 saturated carbocycles. The second-order valence-corrected chi connectivity index (χ2v) is 10.3. The zero-order valence-corrected chi connectivity index (χ0v) is 19.5. The zero-order valence-electron chi connectivity index (χ0n) is 19.5. The van der Waals surface area contributed by atoms with Gasteiger partial charge in [-0.25, -0.2) is 4.79 Å². The maximum absolute atomic E-state index is 12.4. The molecule has 0 bridgehead atoms. The average Bonchev–Trinajstić information content (AvgIpc) is 2.85. The summed E-state index contributed by atoms with van der Waals surface area (Å²) in [6.07, 6.45) is 24.1. The third kappa shape index (κ3) is 4.83. The number of unbranched alkanes of at least 4 members (excludes halogenated alkanes) is 2. The molecule has 1 unspecified atom stereocenters. The first kappa shape index (κ1) is 22.3. The van der Waals surface area contributed by atoms with Crippen LogP contribution in [0.25, 0.3) is 0 Å². The molecule has 0 radical (unpaired) electrons. The molecule has 1 aromatic carbocycles. The summed E-state index contributed by atoms with van der Waals surface area (Å²) in [7, 11) is 0. The minimum absolute atomic E-state index is 0.296. The van der Waals surface area contributed by atoms with Crippen molar-refractivity contribution < 1.29 is 4.79 Å². The van der Waals surface area contributed by atoms with Crippen LogP contribution < -0.4 is 0 Å². The Bertz CT molecular complexity index is 811. The van der Waals surface area contributed by atoms with Gasteiger partial charge in [0.05, 0.1) is 11.0 Å². The Labute approximate surface area is 189 Å². The lowest BCUT2D eigenvalue weighted by Crippen LogP contribution is -2.39. The summed E-state index contributed by atoms with van der Waals surface area (Å²) in [6.45, 7) is 2.29. The quantitative estimate of drug-likeness (QED) is 0.324. The normalized spacial score (nSPS) is 29.5. The molecule has 31 heavy (non-hydrogen) atoms. The third-order valence-electron chi connectivity index (χ3n) is 8.44. The van der Waals surface area contributed by atoms with Crippen LogP contribution in [0.3, 0.4) is 0 Å². The van der Waals surface area contributed by atoms with E-state index in [1.54, 1.807) is 0 Å². The van der Waals surface area contributed by atoms with Crippen molar-refractivity contribution in [1.29, 1.82) is 0 Å². The van der Waals surface area contributed by atoms with Crippen LogP contribution in [-0.2, 0) is 10.2 Å². The van der Waals surface area contributed by atoms with E-state index >= 15 is 0 Å². The Morgan fingerprint density at radius 1 is 0.935 bits per heavy atom. The molecule has 0 aliphatic heterocycles. The molecule has 3 aliphatic rings. The van der Waals surface area contributed by atoms with Crippen LogP contribution in [-0.4, -0.2) is 5.94 Å². The van der Waals surface area contributed by atoms with Gasteiger partial charge in [0.2, 0.25) is 0 Å². The smallest absolute Gasteiger partial charge is 0.129 e. The van der Waals surface area contributed by atoms with Gasteiger partial charge in [-0.2, -0.15) is 0 Å². The zero-order chi connectivity index (χ0) is 21.5. The first-order valence-electron chi connectivity index (χ1n) is 13.0. The highest BCUT2D eigenvalue weighted by Crippen LogP contribution is 2.51. The molecule has 0 spiro atoms. The van der Waals surface area contributed by atoms with Crippen molar-refractivity contribution in [2.75, 3.05) is 0 Å². The standard InChI is InChI=1S/C30H40O/c1-2-3-6-11-24-16-18-28(19-17-24)30(27-14-9-5-10-15-27)21-20-26(22-29(30)23-31)25-12-7-4-8-13-25/h5,9-10,14-15,20-22,24-25,28H,2-4,6-8,11-13,16-19H2,1H3. The Balaban J connectivity index is 1.59. The molecular weight excluding hydrogens is 376 g/mol. The van der Waals surface area contributed by atoms with Crippen LogP contribution in [0.5, 0.6) is 0 Å². The van der Waals surface area contributed by atoms with Gasteiger partial charge in [-0.05, 0) is 60.6 Å². The van der Waals surface area contributed by atoms with Crippen LogP contribution in [0.15, 0.2) is 59.7 Å². The van der Waals surface area contributed by atoms with Crippen LogP contribution >= 0.6 is 0 Å². The van der Waals surface area contributed by atoms with Crippen molar-refractivity contribution in [2.45, 2.75) is 95.8 Å². The summed E-state index contributed by atoms with van der Waals surface area (Å²) >= 11 is 0. The van der Waals surface area contributed by atoms with E-state index in [0.29, 0.717) is 11.8 Å². The van der Waals surface area contributed by atoms with E-state index in [1.807, 2.05) is 0 Å². The number of rotatable bonds is 7. The van der Waals surface area contributed by atoms with Gasteiger partial charge in [-0.3, -0.25) is 0 Å². The van der Waals surface area contributed by atoms with Crippen molar-refractivity contribution in [1.82, 2.24) is 0 Å². The first-order valence-corrected chi connectivity index (χ1v) is 13.0. The van der Waals surface area contributed by atoms with E-state index in [1.165, 1.54) is 94.6 Å². The molecule has 1 nitrogen and oxygen atoms in total. The minimum atomic E-state index is -0.296. The van der Waals surface area contributed by atoms with Crippen molar-refractivity contribution in [3.8, 4) is 0 Å². The lowest BCUT2D eigenvalue weighted by atomic mass is 9.58. The summed E-state index contributed by atoms with van der Waals surface area (Å²) in [5.41, 5.74) is 3.24. The Kier molecular flexibility index (Phi) is 7.67. The van der Waals surface area contributed by atoms with Gasteiger partial charge in [0.15, 0.2) is 0 Å². The van der Waals surface area contributed by atoms with E-state index < -0.39 is 0 Å². The molecule has 3 aliphatic carbocycles. The Morgan fingerprint density at radius 3 is 2.35 bits per heavy atom. The van der Waals surface area contributed by atoms with E-state index in [0.717, 1.165) is 11.5 Å². The Hall–Kier alpha value is -1.85. The third-order valence-corrected chi connectivity index (χ3v) is 8.44. The Morgan fingerprint density at radius 2 is 1.68 bits per heavy atom. The van der Waals surface area contributed by atoms with Gasteiger partial charge in [-0.1, -0.05) is 107 Å². The number of allylic oxidation sites excluding steroid dienone is 5. The molecule has 1 heteroatoms. The molecule has 0 saturated heterocycles. The number of carbonyl (C=O) groups excluding carboxylic acids is 1. The lowest BCUT2D eigenvalue weighted by molar-refractivity contribution is 0.212. The van der Waals surface area contributed by atoms with Gasteiger partial charge in [-0.15, -0.1) is 0 Å². The maximum atomic E-state index is 12.4. The van der Waals surface area contributed by atoms with Crippen molar-refractivity contribution in [2.24, 2.45) is 17.8 Å². The van der Waals surface area contributed by atoms with Crippen molar-refractivity contribution >= 4 is 5.94 Å². The van der Waals surface area contributed by atoms with Crippen LogP contribution in [0.1, 0.15) is 96.0 Å². The van der Waals surface area contributed by atoms with E-state index in [-0.39, 0.29) is 5.41 Å². The largest absolute Gasteiger partial charge is 0.233 e. The maximum Gasteiger partial charge on any atom is 0.129 e. The average molecular weight is 417 g/mol. The number of hydrogen-bond acceptors (Lipinski definition) is 1.